The Bertz CT molecular complexity index is 840. The highest BCUT2D eigenvalue weighted by Gasteiger charge is 2.23. The third-order valence-corrected chi connectivity index (χ3v) is 6.22. The molecule has 0 saturated carbocycles. The van der Waals surface area contributed by atoms with Crippen molar-refractivity contribution in [3.8, 4) is 5.75 Å². The first-order chi connectivity index (χ1) is 14.7. The van der Waals surface area contributed by atoms with Crippen LogP contribution in [-0.4, -0.2) is 43.1 Å². The van der Waals surface area contributed by atoms with Gasteiger partial charge in [0.1, 0.15) is 5.75 Å². The summed E-state index contributed by atoms with van der Waals surface area (Å²) in [5.41, 5.74) is 3.14. The summed E-state index contributed by atoms with van der Waals surface area (Å²) in [7, 11) is 0. The molecule has 0 bridgehead atoms. The van der Waals surface area contributed by atoms with E-state index >= 15 is 0 Å². The van der Waals surface area contributed by atoms with Crippen molar-refractivity contribution >= 4 is 17.3 Å². The van der Waals surface area contributed by atoms with Crippen molar-refractivity contribution < 1.29 is 9.53 Å². The van der Waals surface area contributed by atoms with Crippen molar-refractivity contribution in [1.29, 1.82) is 0 Å². The summed E-state index contributed by atoms with van der Waals surface area (Å²) < 4.78 is 6.19. The van der Waals surface area contributed by atoms with Crippen LogP contribution in [0.2, 0.25) is 0 Å². The summed E-state index contributed by atoms with van der Waals surface area (Å²) in [6.07, 6.45) is 5.23. The van der Waals surface area contributed by atoms with Gasteiger partial charge in [0.25, 0.3) is 0 Å². The van der Waals surface area contributed by atoms with E-state index in [-0.39, 0.29) is 5.91 Å². The number of amides is 1. The highest BCUT2D eigenvalue weighted by molar-refractivity contribution is 5.95. The molecule has 1 N–H and O–H groups in total. The summed E-state index contributed by atoms with van der Waals surface area (Å²) >= 11 is 0. The first-order valence-corrected chi connectivity index (χ1v) is 11.3. The second-order valence-corrected chi connectivity index (χ2v) is 8.39. The Balaban J connectivity index is 1.41. The zero-order valence-corrected chi connectivity index (χ0v) is 18.0. The highest BCUT2D eigenvalue weighted by Crippen LogP contribution is 2.29. The van der Waals surface area contributed by atoms with Gasteiger partial charge in [-0.15, -0.1) is 0 Å². The zero-order chi connectivity index (χ0) is 20.8. The third kappa shape index (κ3) is 5.14. The SMILES string of the molecule is CC1CCCN1CCCOc1ccc(N2CCCC2=O)cc1CNc1ccccc1. The van der Waals surface area contributed by atoms with Crippen molar-refractivity contribution in [1.82, 2.24) is 4.90 Å². The molecule has 30 heavy (non-hydrogen) atoms. The second-order valence-electron chi connectivity index (χ2n) is 8.39. The number of para-hydroxylation sites is 1. The Morgan fingerprint density at radius 2 is 1.97 bits per heavy atom. The Kier molecular flexibility index (Phi) is 6.90. The summed E-state index contributed by atoms with van der Waals surface area (Å²) in [5, 5.41) is 3.48. The molecule has 160 valence electrons. The predicted molar refractivity (Wildman–Crippen MR) is 122 cm³/mol. The minimum atomic E-state index is 0.213. The quantitative estimate of drug-likeness (QED) is 0.613. The van der Waals surface area contributed by atoms with Crippen LogP contribution in [0.3, 0.4) is 0 Å². The summed E-state index contributed by atoms with van der Waals surface area (Å²) in [5.74, 6) is 1.12. The highest BCUT2D eigenvalue weighted by atomic mass is 16.5. The monoisotopic (exact) mass is 407 g/mol. The van der Waals surface area contributed by atoms with Crippen LogP contribution >= 0.6 is 0 Å². The van der Waals surface area contributed by atoms with Crippen molar-refractivity contribution in [3.63, 3.8) is 0 Å². The van der Waals surface area contributed by atoms with Crippen molar-refractivity contribution in [2.75, 3.05) is 36.5 Å². The van der Waals surface area contributed by atoms with Gasteiger partial charge in [0.05, 0.1) is 6.61 Å². The van der Waals surface area contributed by atoms with Crippen LogP contribution in [0.5, 0.6) is 5.75 Å². The maximum Gasteiger partial charge on any atom is 0.227 e. The fraction of sp³-hybridized carbons (Fsp3) is 0.480. The third-order valence-electron chi connectivity index (χ3n) is 6.22. The van der Waals surface area contributed by atoms with E-state index in [0.29, 0.717) is 25.6 Å². The number of nitrogens with zero attached hydrogens (tertiary/aromatic N) is 2. The molecular weight excluding hydrogens is 374 g/mol. The van der Waals surface area contributed by atoms with Crippen LogP contribution in [0, 0.1) is 0 Å². The number of nitrogens with one attached hydrogen (secondary N) is 1. The molecule has 2 aromatic rings. The van der Waals surface area contributed by atoms with Gasteiger partial charge in [-0.1, -0.05) is 18.2 Å². The fourth-order valence-corrected chi connectivity index (χ4v) is 4.46. The number of carbonyl (C=O) groups excluding carboxylic acids is 1. The standard InChI is InChI=1S/C25H33N3O2/c1-20-8-5-14-27(20)15-7-17-30-24-13-12-23(28-16-6-11-25(28)29)18-21(24)19-26-22-9-3-2-4-10-22/h2-4,9-10,12-13,18,20,26H,5-8,11,14-17,19H2,1H3. The average Bonchev–Trinajstić information content (AvgIpc) is 3.38. The smallest absolute Gasteiger partial charge is 0.227 e. The van der Waals surface area contributed by atoms with E-state index in [0.717, 1.165) is 48.6 Å². The Hall–Kier alpha value is -2.53. The Morgan fingerprint density at radius 3 is 2.70 bits per heavy atom. The number of rotatable bonds is 9. The molecule has 2 saturated heterocycles. The molecule has 1 atom stereocenters. The second kappa shape index (κ2) is 9.98. The molecular formula is C25H33N3O2. The van der Waals surface area contributed by atoms with Gasteiger partial charge < -0.3 is 19.9 Å². The molecule has 0 aliphatic carbocycles. The average molecular weight is 408 g/mol. The molecule has 2 aliphatic heterocycles. The fourth-order valence-electron chi connectivity index (χ4n) is 4.46. The molecule has 2 aliphatic rings. The number of benzene rings is 2. The van der Waals surface area contributed by atoms with Gasteiger partial charge in [-0.25, -0.2) is 0 Å². The summed E-state index contributed by atoms with van der Waals surface area (Å²) in [4.78, 5) is 16.6. The number of carbonyl (C=O) groups is 1. The van der Waals surface area contributed by atoms with E-state index in [1.165, 1.54) is 19.4 Å². The zero-order valence-electron chi connectivity index (χ0n) is 18.0. The topological polar surface area (TPSA) is 44.8 Å². The number of hydrogen-bond acceptors (Lipinski definition) is 4. The van der Waals surface area contributed by atoms with Gasteiger partial charge in [0.2, 0.25) is 5.91 Å². The first kappa shape index (κ1) is 20.7. The van der Waals surface area contributed by atoms with Crippen LogP contribution in [0.25, 0.3) is 0 Å². The lowest BCUT2D eigenvalue weighted by atomic mass is 10.1. The van der Waals surface area contributed by atoms with Crippen LogP contribution in [0.4, 0.5) is 11.4 Å². The van der Waals surface area contributed by atoms with E-state index in [1.807, 2.05) is 35.2 Å². The van der Waals surface area contributed by atoms with Gasteiger partial charge in [-0.05, 0) is 69.5 Å². The molecule has 2 heterocycles. The van der Waals surface area contributed by atoms with Gasteiger partial charge in [-0.2, -0.15) is 0 Å². The normalized spacial score (nSPS) is 19.4. The van der Waals surface area contributed by atoms with Crippen LogP contribution in [-0.2, 0) is 11.3 Å². The first-order valence-electron chi connectivity index (χ1n) is 11.3. The van der Waals surface area contributed by atoms with Gasteiger partial charge in [0, 0.05) is 49.0 Å². The number of hydrogen-bond donors (Lipinski definition) is 1. The van der Waals surface area contributed by atoms with Crippen molar-refractivity contribution in [3.05, 3.63) is 54.1 Å². The predicted octanol–water partition coefficient (Wildman–Crippen LogP) is 4.68. The largest absolute Gasteiger partial charge is 0.493 e. The maximum atomic E-state index is 12.2. The lowest BCUT2D eigenvalue weighted by molar-refractivity contribution is -0.117. The molecule has 0 radical (unpaired) electrons. The van der Waals surface area contributed by atoms with E-state index in [2.05, 4.69) is 35.3 Å². The lowest BCUT2D eigenvalue weighted by Crippen LogP contribution is -2.28. The Labute approximate surface area is 180 Å². The summed E-state index contributed by atoms with van der Waals surface area (Å²) in [6, 6.07) is 17.0. The van der Waals surface area contributed by atoms with E-state index in [9.17, 15) is 4.79 Å². The van der Waals surface area contributed by atoms with Crippen LogP contribution < -0.4 is 15.0 Å². The Morgan fingerprint density at radius 1 is 1.10 bits per heavy atom. The van der Waals surface area contributed by atoms with E-state index < -0.39 is 0 Å². The molecule has 1 unspecified atom stereocenters. The lowest BCUT2D eigenvalue weighted by Gasteiger charge is -2.22. The van der Waals surface area contributed by atoms with Gasteiger partial charge in [0.15, 0.2) is 0 Å². The maximum absolute atomic E-state index is 12.2. The van der Waals surface area contributed by atoms with Crippen LogP contribution in [0.1, 0.15) is 44.6 Å². The molecule has 1 amide bonds. The number of anilines is 2. The van der Waals surface area contributed by atoms with Crippen molar-refractivity contribution in [2.24, 2.45) is 0 Å². The molecule has 0 spiro atoms. The molecule has 0 aromatic heterocycles. The van der Waals surface area contributed by atoms with Gasteiger partial charge in [-0.3, -0.25) is 4.79 Å². The molecule has 2 aromatic carbocycles. The summed E-state index contributed by atoms with van der Waals surface area (Å²) in [6.45, 7) is 6.81. The van der Waals surface area contributed by atoms with E-state index in [1.54, 1.807) is 0 Å². The van der Waals surface area contributed by atoms with Crippen LogP contribution in [0.15, 0.2) is 48.5 Å². The molecule has 2 fully saturated rings. The minimum Gasteiger partial charge on any atom is -0.493 e. The van der Waals surface area contributed by atoms with Crippen molar-refractivity contribution in [2.45, 2.75) is 51.6 Å². The van der Waals surface area contributed by atoms with E-state index in [4.69, 9.17) is 4.74 Å². The number of likely N-dealkylation sites (tertiary alicyclic amines) is 1. The molecule has 4 rings (SSSR count). The number of ether oxygens (including phenoxy) is 1. The minimum absolute atomic E-state index is 0.213. The van der Waals surface area contributed by atoms with Gasteiger partial charge >= 0.3 is 0 Å². The molecule has 5 heteroatoms. The molecule has 5 nitrogen and oxygen atoms in total.